The molecule has 0 spiro atoms. The molecule has 0 amide bonds. The van der Waals surface area contributed by atoms with Gasteiger partial charge in [-0.1, -0.05) is 0 Å². The third-order valence-electron chi connectivity index (χ3n) is 3.23. The predicted octanol–water partition coefficient (Wildman–Crippen LogP) is 1.02. The van der Waals surface area contributed by atoms with Crippen LogP contribution >= 0.6 is 11.6 Å². The lowest BCUT2D eigenvalue weighted by molar-refractivity contribution is -0.175. The van der Waals surface area contributed by atoms with Crippen molar-refractivity contribution in [2.45, 2.75) is 36.3 Å². The van der Waals surface area contributed by atoms with Crippen molar-refractivity contribution in [1.82, 2.24) is 14.2 Å². The van der Waals surface area contributed by atoms with Crippen molar-refractivity contribution >= 4 is 27.3 Å². The van der Waals surface area contributed by atoms with Gasteiger partial charge in [-0.2, -0.15) is 27.4 Å². The first kappa shape index (κ1) is 16.1. The highest BCUT2D eigenvalue weighted by Gasteiger charge is 2.62. The maximum absolute atomic E-state index is 13.5. The second-order valence-electron chi connectivity index (χ2n) is 4.79. The van der Waals surface area contributed by atoms with Crippen molar-refractivity contribution in [2.24, 2.45) is 12.1 Å². The van der Waals surface area contributed by atoms with Gasteiger partial charge in [0.1, 0.15) is 4.90 Å². The number of aryl methyl sites for hydroxylation is 1. The number of sulfonamides is 1. The number of hydrogen-bond donors (Lipinski definition) is 1. The Hall–Kier alpha value is -1.26. The topological polar surface area (TPSA) is 87.8 Å². The Morgan fingerprint density at radius 1 is 1.48 bits per heavy atom. The van der Waals surface area contributed by atoms with E-state index in [1.807, 2.05) is 0 Å². The summed E-state index contributed by atoms with van der Waals surface area (Å²) in [5.74, 6) is 0. The van der Waals surface area contributed by atoms with Crippen molar-refractivity contribution in [3.05, 3.63) is 11.9 Å². The summed E-state index contributed by atoms with van der Waals surface area (Å²) in [6.07, 6.45) is 0.308. The summed E-state index contributed by atoms with van der Waals surface area (Å²) in [7, 11) is -3.03. The van der Waals surface area contributed by atoms with Gasteiger partial charge in [0.15, 0.2) is 0 Å². The van der Waals surface area contributed by atoms with E-state index >= 15 is 0 Å². The molecule has 11 heteroatoms. The average molecular weight is 343 g/mol. The van der Waals surface area contributed by atoms with Crippen LogP contribution in [0.2, 0.25) is 0 Å². The van der Waals surface area contributed by atoms with Crippen LogP contribution in [-0.2, 0) is 17.1 Å². The third kappa shape index (κ3) is 2.30. The molecule has 118 valence electrons. The van der Waals surface area contributed by atoms with E-state index in [0.29, 0.717) is 0 Å². The van der Waals surface area contributed by atoms with E-state index in [1.54, 1.807) is 0 Å². The van der Waals surface area contributed by atoms with Crippen LogP contribution in [0.3, 0.4) is 0 Å². The fraction of sp³-hybridized carbons (Fsp3) is 0.600. The second kappa shape index (κ2) is 4.62. The summed E-state index contributed by atoms with van der Waals surface area (Å²) in [5.41, 5.74) is -2.92. The molecule has 7 nitrogen and oxygen atoms in total. The van der Waals surface area contributed by atoms with Crippen molar-refractivity contribution in [2.75, 3.05) is 0 Å². The molecule has 0 fully saturated rings. The largest absolute Gasteiger partial charge is 0.371 e. The minimum Gasteiger partial charge on any atom is -0.363 e. The zero-order valence-electron chi connectivity index (χ0n) is 11.4. The van der Waals surface area contributed by atoms with E-state index in [-0.39, 0.29) is 20.7 Å². The van der Waals surface area contributed by atoms with Gasteiger partial charge >= 0.3 is 5.38 Å². The van der Waals surface area contributed by atoms with Gasteiger partial charge < -0.3 is 5.11 Å². The maximum Gasteiger partial charge on any atom is 0.371 e. The van der Waals surface area contributed by atoms with Crippen LogP contribution in [0.15, 0.2) is 16.2 Å². The van der Waals surface area contributed by atoms with Gasteiger partial charge in [0.25, 0.3) is 15.7 Å². The fourth-order valence-corrected chi connectivity index (χ4v) is 3.88. The standard InChI is InChI=1S/C10H13ClF2N4O3S/c1-6-4-9(18,10(11,12)13)17(15-6)21(19,20)8-5-14-16(3)7(8)2/h5,18H,4H2,1-3H3/t9-/m1/s1. The molecule has 2 heterocycles. The second-order valence-corrected chi connectivity index (χ2v) is 7.00. The van der Waals surface area contributed by atoms with Gasteiger partial charge in [0.05, 0.1) is 11.9 Å². The Balaban J connectivity index is 2.60. The summed E-state index contributed by atoms with van der Waals surface area (Å²) < 4.78 is 53.2. The Morgan fingerprint density at radius 3 is 2.48 bits per heavy atom. The lowest BCUT2D eigenvalue weighted by Gasteiger charge is -2.34. The van der Waals surface area contributed by atoms with Crippen LogP contribution in [-0.4, -0.2) is 44.5 Å². The number of rotatable bonds is 3. The molecular weight excluding hydrogens is 330 g/mol. The van der Waals surface area contributed by atoms with Crippen LogP contribution in [0, 0.1) is 6.92 Å². The number of alkyl halides is 3. The number of hydrogen-bond acceptors (Lipinski definition) is 5. The first-order valence-corrected chi connectivity index (χ1v) is 7.60. The van der Waals surface area contributed by atoms with E-state index in [0.717, 1.165) is 6.20 Å². The summed E-state index contributed by atoms with van der Waals surface area (Å²) in [5, 5.41) is 13.1. The van der Waals surface area contributed by atoms with Crippen LogP contribution in [0.5, 0.6) is 0 Å². The lowest BCUT2D eigenvalue weighted by Crippen LogP contribution is -2.56. The van der Waals surface area contributed by atoms with Gasteiger partial charge in [-0.3, -0.25) is 4.68 Å². The molecular formula is C10H13ClF2N4O3S. The number of aromatic nitrogens is 2. The molecule has 1 N–H and O–H groups in total. The van der Waals surface area contributed by atoms with Crippen molar-refractivity contribution in [1.29, 1.82) is 0 Å². The maximum atomic E-state index is 13.5. The zero-order valence-corrected chi connectivity index (χ0v) is 13.0. The normalized spacial score (nSPS) is 23.6. The van der Waals surface area contributed by atoms with Crippen LogP contribution < -0.4 is 0 Å². The molecule has 0 aromatic carbocycles. The van der Waals surface area contributed by atoms with E-state index in [9.17, 15) is 22.3 Å². The molecule has 1 aromatic heterocycles. The fourth-order valence-electron chi connectivity index (χ4n) is 1.98. The summed E-state index contributed by atoms with van der Waals surface area (Å²) >= 11 is 4.90. The number of aliphatic hydroxyl groups is 1. The quantitative estimate of drug-likeness (QED) is 0.831. The molecule has 1 aliphatic heterocycles. The Kier molecular flexibility index (Phi) is 3.54. The van der Waals surface area contributed by atoms with E-state index in [1.165, 1.54) is 25.6 Å². The van der Waals surface area contributed by atoms with Crippen molar-refractivity contribution in [3.8, 4) is 0 Å². The lowest BCUT2D eigenvalue weighted by atomic mass is 10.1. The van der Waals surface area contributed by atoms with E-state index < -0.39 is 27.6 Å². The Bertz CT molecular complexity index is 712. The van der Waals surface area contributed by atoms with Crippen molar-refractivity contribution < 1.29 is 22.3 Å². The van der Waals surface area contributed by atoms with Gasteiger partial charge in [0, 0.05) is 19.2 Å². The van der Waals surface area contributed by atoms with Crippen LogP contribution in [0.25, 0.3) is 0 Å². The number of hydrazone groups is 1. The van der Waals surface area contributed by atoms with Gasteiger partial charge in [-0.05, 0) is 25.4 Å². The molecule has 1 aromatic rings. The number of nitrogens with zero attached hydrogens (tertiary/aromatic N) is 4. The Labute approximate surface area is 124 Å². The molecule has 1 atom stereocenters. The number of halogens is 3. The zero-order chi connectivity index (χ0) is 16.2. The highest BCUT2D eigenvalue weighted by Crippen LogP contribution is 2.44. The molecule has 0 saturated carbocycles. The van der Waals surface area contributed by atoms with Crippen LogP contribution in [0.1, 0.15) is 19.0 Å². The van der Waals surface area contributed by atoms with Gasteiger partial charge in [0.2, 0.25) is 0 Å². The predicted molar refractivity (Wildman–Crippen MR) is 70.4 cm³/mol. The Morgan fingerprint density at radius 2 is 2.05 bits per heavy atom. The smallest absolute Gasteiger partial charge is 0.363 e. The molecule has 21 heavy (non-hydrogen) atoms. The molecule has 0 saturated heterocycles. The molecule has 1 aliphatic rings. The van der Waals surface area contributed by atoms with Gasteiger partial charge in [-0.15, -0.1) is 4.41 Å². The van der Waals surface area contributed by atoms with Crippen LogP contribution in [0.4, 0.5) is 8.78 Å². The SMILES string of the molecule is CC1=NN(S(=O)(=O)c2cnn(C)c2C)[C@](O)(C(F)(F)Cl)C1. The first-order valence-electron chi connectivity index (χ1n) is 5.78. The van der Waals surface area contributed by atoms with E-state index in [4.69, 9.17) is 11.6 Å². The molecule has 0 radical (unpaired) electrons. The third-order valence-corrected chi connectivity index (χ3v) is 5.33. The summed E-state index contributed by atoms with van der Waals surface area (Å²) in [6, 6.07) is 0. The monoisotopic (exact) mass is 342 g/mol. The van der Waals surface area contributed by atoms with E-state index in [2.05, 4.69) is 10.2 Å². The molecule has 0 unspecified atom stereocenters. The molecule has 0 aliphatic carbocycles. The molecule has 2 rings (SSSR count). The van der Waals surface area contributed by atoms with Crippen molar-refractivity contribution in [3.63, 3.8) is 0 Å². The first-order chi connectivity index (χ1) is 9.41. The highest BCUT2D eigenvalue weighted by atomic mass is 35.5. The highest BCUT2D eigenvalue weighted by molar-refractivity contribution is 7.89. The van der Waals surface area contributed by atoms with Gasteiger partial charge in [-0.25, -0.2) is 0 Å². The average Bonchev–Trinajstić information content (AvgIpc) is 2.81. The summed E-state index contributed by atoms with van der Waals surface area (Å²) in [6.45, 7) is 2.77. The minimum absolute atomic E-state index is 0.0166. The summed E-state index contributed by atoms with van der Waals surface area (Å²) in [4.78, 5) is -0.331. The minimum atomic E-state index is -4.52. The molecule has 0 bridgehead atoms.